The number of amides is 1. The van der Waals surface area contributed by atoms with Gasteiger partial charge in [0, 0.05) is 19.2 Å². The van der Waals surface area contributed by atoms with Crippen LogP contribution in [0.3, 0.4) is 0 Å². The minimum absolute atomic E-state index is 0.0729. The van der Waals surface area contributed by atoms with E-state index in [2.05, 4.69) is 27.8 Å². The molecule has 0 aliphatic rings. The zero-order valence-electron chi connectivity index (χ0n) is 10.9. The van der Waals surface area contributed by atoms with E-state index in [1.807, 2.05) is 24.3 Å². The molecule has 1 amide bonds. The van der Waals surface area contributed by atoms with Gasteiger partial charge in [0.15, 0.2) is 0 Å². The van der Waals surface area contributed by atoms with E-state index < -0.39 is 0 Å². The Bertz CT molecular complexity index is 550. The molecule has 0 radical (unpaired) electrons. The Balaban J connectivity index is 1.94. The lowest BCUT2D eigenvalue weighted by atomic mass is 10.1. The van der Waals surface area contributed by atoms with Crippen LogP contribution in [0.1, 0.15) is 27.9 Å². The average Bonchev–Trinajstić information content (AvgIpc) is 2.93. The van der Waals surface area contributed by atoms with E-state index in [1.54, 1.807) is 18.4 Å². The molecule has 1 aromatic carbocycles. The summed E-state index contributed by atoms with van der Waals surface area (Å²) in [5, 5.41) is 15.8. The van der Waals surface area contributed by atoms with Gasteiger partial charge >= 0.3 is 0 Å². The minimum atomic E-state index is -0.0729. The van der Waals surface area contributed by atoms with Crippen molar-refractivity contribution in [2.75, 3.05) is 12.4 Å². The van der Waals surface area contributed by atoms with E-state index >= 15 is 0 Å². The molecule has 0 bridgehead atoms. The zero-order chi connectivity index (χ0) is 13.7. The van der Waals surface area contributed by atoms with Crippen molar-refractivity contribution in [1.29, 1.82) is 0 Å². The molecule has 0 saturated carbocycles. The maximum Gasteiger partial charge on any atom is 0.251 e. The Morgan fingerprint density at radius 1 is 1.26 bits per heavy atom. The summed E-state index contributed by atoms with van der Waals surface area (Å²) in [7, 11) is 1.62. The van der Waals surface area contributed by atoms with E-state index in [0.29, 0.717) is 12.1 Å². The molecule has 5 nitrogen and oxygen atoms in total. The highest BCUT2D eigenvalue weighted by molar-refractivity contribution is 7.15. The standard InChI is InChI=1S/C13H16N4OS/c1-3-11-16-17-13(19-11)15-8-9-4-6-10(7-5-9)12(18)14-2/h4-7H,3,8H2,1-2H3,(H,14,18)(H,15,17). The fourth-order valence-corrected chi connectivity index (χ4v) is 2.24. The lowest BCUT2D eigenvalue weighted by Gasteiger charge is -2.04. The van der Waals surface area contributed by atoms with Gasteiger partial charge in [0.25, 0.3) is 5.91 Å². The molecule has 1 heterocycles. The number of aryl methyl sites for hydroxylation is 1. The number of rotatable bonds is 5. The summed E-state index contributed by atoms with van der Waals surface area (Å²) in [6.45, 7) is 2.73. The number of hydrogen-bond donors (Lipinski definition) is 2. The normalized spacial score (nSPS) is 10.2. The topological polar surface area (TPSA) is 66.9 Å². The molecule has 0 spiro atoms. The molecule has 0 aliphatic carbocycles. The number of carbonyl (C=O) groups excluding carboxylic acids is 1. The Labute approximate surface area is 116 Å². The van der Waals surface area contributed by atoms with Crippen LogP contribution in [0, 0.1) is 0 Å². The van der Waals surface area contributed by atoms with Gasteiger partial charge in [0.2, 0.25) is 5.13 Å². The highest BCUT2D eigenvalue weighted by Crippen LogP contribution is 2.16. The molecule has 6 heteroatoms. The number of benzene rings is 1. The van der Waals surface area contributed by atoms with Gasteiger partial charge in [-0.15, -0.1) is 10.2 Å². The number of hydrogen-bond acceptors (Lipinski definition) is 5. The van der Waals surface area contributed by atoms with Crippen molar-refractivity contribution in [2.45, 2.75) is 19.9 Å². The first-order chi connectivity index (χ1) is 9.22. The average molecular weight is 276 g/mol. The lowest BCUT2D eigenvalue weighted by molar-refractivity contribution is 0.0963. The summed E-state index contributed by atoms with van der Waals surface area (Å²) in [5.74, 6) is -0.0729. The van der Waals surface area contributed by atoms with E-state index in [9.17, 15) is 4.79 Å². The molecule has 0 fully saturated rings. The molecule has 0 saturated heterocycles. The van der Waals surface area contributed by atoms with Crippen molar-refractivity contribution in [3.05, 3.63) is 40.4 Å². The number of nitrogens with zero attached hydrogens (tertiary/aromatic N) is 2. The van der Waals surface area contributed by atoms with Gasteiger partial charge in [-0.05, 0) is 24.1 Å². The number of anilines is 1. The molecular weight excluding hydrogens is 260 g/mol. The molecule has 100 valence electrons. The summed E-state index contributed by atoms with van der Waals surface area (Å²) < 4.78 is 0. The van der Waals surface area contributed by atoms with Crippen LogP contribution in [0.4, 0.5) is 5.13 Å². The van der Waals surface area contributed by atoms with E-state index in [0.717, 1.165) is 22.1 Å². The Morgan fingerprint density at radius 2 is 2.00 bits per heavy atom. The first-order valence-corrected chi connectivity index (χ1v) is 6.92. The first-order valence-electron chi connectivity index (χ1n) is 6.10. The third kappa shape index (κ3) is 3.51. The molecule has 0 atom stereocenters. The SMILES string of the molecule is CCc1nnc(NCc2ccc(C(=O)NC)cc2)s1. The summed E-state index contributed by atoms with van der Waals surface area (Å²) in [6.07, 6.45) is 0.903. The van der Waals surface area contributed by atoms with Crippen molar-refractivity contribution in [3.63, 3.8) is 0 Å². The summed E-state index contributed by atoms with van der Waals surface area (Å²) in [6, 6.07) is 7.49. The number of aromatic nitrogens is 2. The Morgan fingerprint density at radius 3 is 2.58 bits per heavy atom. The molecule has 0 aliphatic heterocycles. The Kier molecular flexibility index (Phi) is 4.46. The van der Waals surface area contributed by atoms with Crippen LogP contribution in [0.15, 0.2) is 24.3 Å². The molecular formula is C13H16N4OS. The van der Waals surface area contributed by atoms with E-state index in [-0.39, 0.29) is 5.91 Å². The van der Waals surface area contributed by atoms with Gasteiger partial charge in [-0.25, -0.2) is 0 Å². The highest BCUT2D eigenvalue weighted by Gasteiger charge is 2.04. The van der Waals surface area contributed by atoms with Crippen LogP contribution in [0.2, 0.25) is 0 Å². The van der Waals surface area contributed by atoms with Crippen LogP contribution >= 0.6 is 11.3 Å². The van der Waals surface area contributed by atoms with Gasteiger partial charge in [0.1, 0.15) is 5.01 Å². The number of carbonyl (C=O) groups is 1. The largest absolute Gasteiger partial charge is 0.356 e. The van der Waals surface area contributed by atoms with Gasteiger partial charge in [0.05, 0.1) is 0 Å². The lowest BCUT2D eigenvalue weighted by Crippen LogP contribution is -2.17. The minimum Gasteiger partial charge on any atom is -0.356 e. The molecule has 19 heavy (non-hydrogen) atoms. The molecule has 2 rings (SSSR count). The smallest absolute Gasteiger partial charge is 0.251 e. The van der Waals surface area contributed by atoms with Crippen LogP contribution in [0.5, 0.6) is 0 Å². The zero-order valence-corrected chi connectivity index (χ0v) is 11.8. The van der Waals surface area contributed by atoms with Crippen LogP contribution < -0.4 is 10.6 Å². The van der Waals surface area contributed by atoms with Crippen LogP contribution in [-0.4, -0.2) is 23.2 Å². The van der Waals surface area contributed by atoms with Crippen molar-refractivity contribution in [2.24, 2.45) is 0 Å². The quantitative estimate of drug-likeness (QED) is 0.877. The predicted octanol–water partition coefficient (Wildman–Crippen LogP) is 2.07. The van der Waals surface area contributed by atoms with Crippen molar-refractivity contribution in [1.82, 2.24) is 15.5 Å². The summed E-state index contributed by atoms with van der Waals surface area (Å²) >= 11 is 1.57. The second-order valence-corrected chi connectivity index (χ2v) is 5.05. The molecule has 2 N–H and O–H groups in total. The first kappa shape index (κ1) is 13.5. The van der Waals surface area contributed by atoms with Crippen LogP contribution in [-0.2, 0) is 13.0 Å². The second kappa shape index (κ2) is 6.29. The highest BCUT2D eigenvalue weighted by atomic mass is 32.1. The van der Waals surface area contributed by atoms with Gasteiger partial charge in [-0.2, -0.15) is 0 Å². The third-order valence-electron chi connectivity index (χ3n) is 2.66. The maximum atomic E-state index is 11.4. The van der Waals surface area contributed by atoms with E-state index in [1.165, 1.54) is 0 Å². The fourth-order valence-electron chi connectivity index (χ4n) is 1.56. The van der Waals surface area contributed by atoms with Crippen molar-refractivity contribution in [3.8, 4) is 0 Å². The third-order valence-corrected chi connectivity index (χ3v) is 3.68. The maximum absolute atomic E-state index is 11.4. The summed E-state index contributed by atoms with van der Waals surface area (Å²) in [4.78, 5) is 11.4. The molecule has 1 aromatic heterocycles. The number of nitrogens with one attached hydrogen (secondary N) is 2. The van der Waals surface area contributed by atoms with Gasteiger partial charge in [-0.1, -0.05) is 30.4 Å². The Hall–Kier alpha value is -1.95. The van der Waals surface area contributed by atoms with E-state index in [4.69, 9.17) is 0 Å². The second-order valence-electron chi connectivity index (χ2n) is 3.98. The van der Waals surface area contributed by atoms with Crippen molar-refractivity contribution >= 4 is 22.4 Å². The van der Waals surface area contributed by atoms with Gasteiger partial charge in [-0.3, -0.25) is 4.79 Å². The van der Waals surface area contributed by atoms with Gasteiger partial charge < -0.3 is 10.6 Å². The fraction of sp³-hybridized carbons (Fsp3) is 0.308. The monoisotopic (exact) mass is 276 g/mol. The summed E-state index contributed by atoms with van der Waals surface area (Å²) in [5.41, 5.74) is 1.76. The molecule has 0 unspecified atom stereocenters. The predicted molar refractivity (Wildman–Crippen MR) is 76.4 cm³/mol. The molecule has 2 aromatic rings. The van der Waals surface area contributed by atoms with Crippen molar-refractivity contribution < 1.29 is 4.79 Å². The van der Waals surface area contributed by atoms with Crippen LogP contribution in [0.25, 0.3) is 0 Å².